The highest BCUT2D eigenvalue weighted by atomic mass is 19.4. The predicted molar refractivity (Wildman–Crippen MR) is 88.8 cm³/mol. The van der Waals surface area contributed by atoms with Crippen LogP contribution in [0.1, 0.15) is 33.6 Å². The number of hydrogen-bond acceptors (Lipinski definition) is 4. The number of aromatic nitrogens is 1. The molecule has 0 saturated heterocycles. The lowest BCUT2D eigenvalue weighted by molar-refractivity contribution is -0.138. The van der Waals surface area contributed by atoms with Crippen LogP contribution in [0.3, 0.4) is 0 Å². The van der Waals surface area contributed by atoms with E-state index < -0.39 is 23.6 Å². The SMILES string of the molecule is NC(=O)c1nc(N)ccc1CNC(=O)CCc1ccccc1C(F)(F)F. The summed E-state index contributed by atoms with van der Waals surface area (Å²) in [6.07, 6.45) is -4.68. The Morgan fingerprint density at radius 2 is 1.77 bits per heavy atom. The maximum Gasteiger partial charge on any atom is 0.416 e. The fourth-order valence-corrected chi connectivity index (χ4v) is 2.40. The molecule has 5 N–H and O–H groups in total. The van der Waals surface area contributed by atoms with E-state index in [2.05, 4.69) is 10.3 Å². The van der Waals surface area contributed by atoms with Crippen LogP contribution in [-0.2, 0) is 23.9 Å². The van der Waals surface area contributed by atoms with Gasteiger partial charge in [-0.3, -0.25) is 9.59 Å². The Morgan fingerprint density at radius 3 is 2.42 bits per heavy atom. The molecule has 0 radical (unpaired) electrons. The third kappa shape index (κ3) is 4.95. The number of carbonyl (C=O) groups is 2. The number of amides is 2. The molecule has 9 heteroatoms. The topological polar surface area (TPSA) is 111 Å². The molecule has 2 aromatic rings. The molecular weight excluding hydrogens is 349 g/mol. The van der Waals surface area contributed by atoms with Crippen molar-refractivity contribution in [1.29, 1.82) is 0 Å². The molecule has 1 aromatic carbocycles. The molecule has 1 aromatic heterocycles. The van der Waals surface area contributed by atoms with Crippen molar-refractivity contribution < 1.29 is 22.8 Å². The number of nitrogens with two attached hydrogens (primary N) is 2. The molecule has 138 valence electrons. The fraction of sp³-hybridized carbons (Fsp3) is 0.235. The lowest BCUT2D eigenvalue weighted by atomic mass is 10.0. The standard InChI is InChI=1S/C17H17F3N4O2/c18-17(19,20)12-4-2-1-3-10(12)6-8-14(25)23-9-11-5-7-13(21)24-15(11)16(22)26/h1-5,7H,6,8-9H2,(H2,21,24)(H2,22,26)(H,23,25). The second-order valence-corrected chi connectivity index (χ2v) is 5.54. The first-order chi connectivity index (χ1) is 12.2. The van der Waals surface area contributed by atoms with Crippen LogP contribution in [0.5, 0.6) is 0 Å². The highest BCUT2D eigenvalue weighted by molar-refractivity contribution is 5.92. The van der Waals surface area contributed by atoms with Gasteiger partial charge in [0.15, 0.2) is 0 Å². The monoisotopic (exact) mass is 366 g/mol. The van der Waals surface area contributed by atoms with Crippen LogP contribution >= 0.6 is 0 Å². The zero-order valence-electron chi connectivity index (χ0n) is 13.6. The van der Waals surface area contributed by atoms with Crippen LogP contribution < -0.4 is 16.8 Å². The molecule has 6 nitrogen and oxygen atoms in total. The molecule has 0 atom stereocenters. The van der Waals surface area contributed by atoms with E-state index in [1.54, 1.807) is 0 Å². The van der Waals surface area contributed by atoms with Gasteiger partial charge in [-0.1, -0.05) is 24.3 Å². The van der Waals surface area contributed by atoms with Crippen molar-refractivity contribution in [2.45, 2.75) is 25.6 Å². The van der Waals surface area contributed by atoms with Crippen LogP contribution in [0.15, 0.2) is 36.4 Å². The first-order valence-corrected chi connectivity index (χ1v) is 7.65. The fourth-order valence-electron chi connectivity index (χ4n) is 2.40. The number of benzene rings is 1. The molecule has 2 rings (SSSR count). The minimum Gasteiger partial charge on any atom is -0.384 e. The average Bonchev–Trinajstić information content (AvgIpc) is 2.58. The van der Waals surface area contributed by atoms with E-state index in [1.165, 1.54) is 30.3 Å². The summed E-state index contributed by atoms with van der Waals surface area (Å²) < 4.78 is 38.8. The summed E-state index contributed by atoms with van der Waals surface area (Å²) in [5.74, 6) is -1.15. The molecule has 26 heavy (non-hydrogen) atoms. The largest absolute Gasteiger partial charge is 0.416 e. The minimum atomic E-state index is -4.47. The highest BCUT2D eigenvalue weighted by Gasteiger charge is 2.32. The maximum atomic E-state index is 12.9. The van der Waals surface area contributed by atoms with E-state index in [4.69, 9.17) is 11.5 Å². The Balaban J connectivity index is 1.98. The van der Waals surface area contributed by atoms with E-state index in [1.807, 2.05) is 0 Å². The molecule has 0 bridgehead atoms. The van der Waals surface area contributed by atoms with Crippen LogP contribution in [0.4, 0.5) is 19.0 Å². The van der Waals surface area contributed by atoms with Gasteiger partial charge in [0.05, 0.1) is 5.56 Å². The quantitative estimate of drug-likeness (QED) is 0.726. The second-order valence-electron chi connectivity index (χ2n) is 5.54. The Morgan fingerprint density at radius 1 is 1.08 bits per heavy atom. The van der Waals surface area contributed by atoms with Crippen LogP contribution in [0, 0.1) is 0 Å². The smallest absolute Gasteiger partial charge is 0.384 e. The molecule has 0 fully saturated rings. The number of hydrogen-bond donors (Lipinski definition) is 3. The van der Waals surface area contributed by atoms with Gasteiger partial charge in [0.2, 0.25) is 5.91 Å². The van der Waals surface area contributed by atoms with Gasteiger partial charge in [-0.05, 0) is 24.1 Å². The van der Waals surface area contributed by atoms with Gasteiger partial charge >= 0.3 is 6.18 Å². The lowest BCUT2D eigenvalue weighted by Gasteiger charge is -2.13. The summed E-state index contributed by atoms with van der Waals surface area (Å²) in [7, 11) is 0. The van der Waals surface area contributed by atoms with E-state index >= 15 is 0 Å². The summed E-state index contributed by atoms with van der Waals surface area (Å²) in [6, 6.07) is 8.06. The number of pyridine rings is 1. The number of halogens is 3. The number of alkyl halides is 3. The number of nitrogens with zero attached hydrogens (tertiary/aromatic N) is 1. The number of nitrogen functional groups attached to an aromatic ring is 1. The van der Waals surface area contributed by atoms with Crippen molar-refractivity contribution in [2.75, 3.05) is 5.73 Å². The maximum absolute atomic E-state index is 12.9. The summed E-state index contributed by atoms with van der Waals surface area (Å²) in [4.78, 5) is 27.1. The molecule has 0 unspecified atom stereocenters. The normalized spacial score (nSPS) is 11.2. The Hall–Kier alpha value is -3.10. The van der Waals surface area contributed by atoms with E-state index in [0.29, 0.717) is 5.56 Å². The molecule has 2 amide bonds. The predicted octanol–water partition coefficient (Wildman–Crippen LogP) is 2.03. The molecule has 0 aliphatic rings. The van der Waals surface area contributed by atoms with Crippen LogP contribution in [0.25, 0.3) is 0 Å². The summed E-state index contributed by atoms with van der Waals surface area (Å²) in [5, 5.41) is 2.53. The van der Waals surface area contributed by atoms with Gasteiger partial charge in [0, 0.05) is 18.5 Å². The van der Waals surface area contributed by atoms with Gasteiger partial charge in [0.1, 0.15) is 11.5 Å². The van der Waals surface area contributed by atoms with Crippen molar-refractivity contribution in [3.8, 4) is 0 Å². The zero-order chi connectivity index (χ0) is 19.3. The third-order valence-corrected chi connectivity index (χ3v) is 3.65. The van der Waals surface area contributed by atoms with Gasteiger partial charge in [-0.25, -0.2) is 4.98 Å². The summed E-state index contributed by atoms with van der Waals surface area (Å²) >= 11 is 0. The van der Waals surface area contributed by atoms with Crippen molar-refractivity contribution in [3.63, 3.8) is 0 Å². The third-order valence-electron chi connectivity index (χ3n) is 3.65. The number of nitrogens with one attached hydrogen (secondary N) is 1. The minimum absolute atomic E-state index is 0.0364. The highest BCUT2D eigenvalue weighted by Crippen LogP contribution is 2.32. The van der Waals surface area contributed by atoms with Crippen molar-refractivity contribution in [1.82, 2.24) is 10.3 Å². The zero-order valence-corrected chi connectivity index (χ0v) is 13.6. The van der Waals surface area contributed by atoms with Crippen molar-refractivity contribution in [3.05, 3.63) is 58.8 Å². The first-order valence-electron chi connectivity index (χ1n) is 7.65. The average molecular weight is 366 g/mol. The molecule has 0 saturated carbocycles. The summed E-state index contributed by atoms with van der Waals surface area (Å²) in [5.41, 5.74) is 10.3. The number of primary amides is 1. The number of rotatable bonds is 6. The van der Waals surface area contributed by atoms with Gasteiger partial charge in [-0.2, -0.15) is 13.2 Å². The second kappa shape index (κ2) is 7.85. The Kier molecular flexibility index (Phi) is 5.81. The van der Waals surface area contributed by atoms with Gasteiger partial charge in [-0.15, -0.1) is 0 Å². The molecule has 0 aliphatic heterocycles. The molecule has 0 aliphatic carbocycles. The van der Waals surface area contributed by atoms with E-state index in [9.17, 15) is 22.8 Å². The van der Waals surface area contributed by atoms with Crippen LogP contribution in [0.2, 0.25) is 0 Å². The van der Waals surface area contributed by atoms with Crippen molar-refractivity contribution in [2.24, 2.45) is 5.73 Å². The summed E-state index contributed by atoms with van der Waals surface area (Å²) in [6.45, 7) is -0.0364. The Labute approximate surface area is 147 Å². The molecular formula is C17H17F3N4O2. The van der Waals surface area contributed by atoms with Gasteiger partial charge in [0.25, 0.3) is 5.91 Å². The van der Waals surface area contributed by atoms with Crippen LogP contribution in [-0.4, -0.2) is 16.8 Å². The number of carbonyl (C=O) groups excluding carboxylic acids is 2. The number of aryl methyl sites for hydroxylation is 1. The Bertz CT molecular complexity index is 822. The number of anilines is 1. The van der Waals surface area contributed by atoms with E-state index in [-0.39, 0.29) is 36.5 Å². The van der Waals surface area contributed by atoms with Crippen molar-refractivity contribution >= 4 is 17.6 Å². The van der Waals surface area contributed by atoms with E-state index in [0.717, 1.165) is 6.07 Å². The lowest BCUT2D eigenvalue weighted by Crippen LogP contribution is -2.26. The molecule has 1 heterocycles. The first kappa shape index (κ1) is 19.2. The molecule has 0 spiro atoms. The van der Waals surface area contributed by atoms with Gasteiger partial charge < -0.3 is 16.8 Å².